The SMILES string of the molecule is CCCCCCCCCCCCCCCCC(=O)O[C@H](COC(=O)CCCCCCCCCCC)COP(=O)(O)OC[C@@H](O)COP(=O)(O)OC[C@@H](COC(=O)CCCCCCC)OC(=O)CCCCCCCCCCC. The van der Waals surface area contributed by atoms with Crippen molar-refractivity contribution in [3.8, 4) is 0 Å². The maximum absolute atomic E-state index is 12.9. The van der Waals surface area contributed by atoms with Crippen LogP contribution in [0, 0.1) is 0 Å². The molecule has 0 saturated carbocycles. The molecule has 5 atom stereocenters. The van der Waals surface area contributed by atoms with Gasteiger partial charge in [-0.25, -0.2) is 9.13 Å². The minimum atomic E-state index is -4.93. The number of rotatable bonds is 59. The van der Waals surface area contributed by atoms with E-state index in [1.807, 2.05) is 0 Å². The van der Waals surface area contributed by atoms with Gasteiger partial charge in [-0.1, -0.05) is 240 Å². The Labute approximate surface area is 467 Å². The molecule has 19 heteroatoms. The predicted molar refractivity (Wildman–Crippen MR) is 303 cm³/mol. The highest BCUT2D eigenvalue weighted by Gasteiger charge is 2.30. The lowest BCUT2D eigenvalue weighted by Gasteiger charge is -2.21. The van der Waals surface area contributed by atoms with Crippen molar-refractivity contribution in [3.05, 3.63) is 0 Å². The van der Waals surface area contributed by atoms with Crippen LogP contribution in [0.3, 0.4) is 0 Å². The van der Waals surface area contributed by atoms with Crippen molar-refractivity contribution in [2.75, 3.05) is 39.6 Å². The fourth-order valence-electron chi connectivity index (χ4n) is 8.57. The summed E-state index contributed by atoms with van der Waals surface area (Å²) in [5, 5.41) is 10.5. The van der Waals surface area contributed by atoms with Gasteiger partial charge in [0.05, 0.1) is 26.4 Å². The van der Waals surface area contributed by atoms with E-state index in [1.54, 1.807) is 0 Å². The molecule has 3 N–H and O–H groups in total. The maximum Gasteiger partial charge on any atom is 0.472 e. The van der Waals surface area contributed by atoms with E-state index >= 15 is 0 Å². The third kappa shape index (κ3) is 53.2. The van der Waals surface area contributed by atoms with Crippen molar-refractivity contribution in [1.29, 1.82) is 0 Å². The van der Waals surface area contributed by atoms with Crippen molar-refractivity contribution < 1.29 is 80.2 Å². The largest absolute Gasteiger partial charge is 0.472 e. The standard InChI is InChI=1S/C58H112O17P2/c1-5-9-13-17-20-23-24-25-26-27-30-33-37-41-45-58(63)75-54(49-69-56(61)43-39-35-31-28-21-18-14-10-6-2)51-73-77(66,67)71-47-52(59)46-70-76(64,65)72-50-53(48-68-55(60)42-38-34-16-12-8-4)74-57(62)44-40-36-32-29-22-19-15-11-7-3/h52-54,59H,5-51H2,1-4H3,(H,64,65)(H,66,67)/t52-,53+,54+/m0/s1. The summed E-state index contributed by atoms with van der Waals surface area (Å²) in [6.07, 6.45) is 36.5. The summed E-state index contributed by atoms with van der Waals surface area (Å²) < 4.78 is 67.5. The molecule has 456 valence electrons. The molecule has 17 nitrogen and oxygen atoms in total. The van der Waals surface area contributed by atoms with Gasteiger partial charge in [-0.05, 0) is 25.7 Å². The summed E-state index contributed by atoms with van der Waals surface area (Å²) in [4.78, 5) is 71.6. The van der Waals surface area contributed by atoms with Crippen molar-refractivity contribution in [3.63, 3.8) is 0 Å². The van der Waals surface area contributed by atoms with Gasteiger partial charge < -0.3 is 33.8 Å². The molecule has 0 spiro atoms. The van der Waals surface area contributed by atoms with Gasteiger partial charge in [0.1, 0.15) is 19.3 Å². The smallest absolute Gasteiger partial charge is 0.462 e. The highest BCUT2D eigenvalue weighted by Crippen LogP contribution is 2.45. The van der Waals surface area contributed by atoms with E-state index in [2.05, 4.69) is 27.7 Å². The highest BCUT2D eigenvalue weighted by molar-refractivity contribution is 7.47. The fourth-order valence-corrected chi connectivity index (χ4v) is 10.2. The van der Waals surface area contributed by atoms with Crippen LogP contribution in [-0.4, -0.2) is 96.7 Å². The number of unbranched alkanes of at least 4 members (excludes halogenated alkanes) is 33. The number of carbonyl (C=O) groups is 4. The normalized spacial score (nSPS) is 14.3. The molecule has 0 aromatic heterocycles. The molecule has 0 aliphatic heterocycles. The Bertz CT molecular complexity index is 1500. The monoisotopic (exact) mass is 1140 g/mol. The van der Waals surface area contributed by atoms with Gasteiger partial charge >= 0.3 is 39.5 Å². The number of ether oxygens (including phenoxy) is 4. The van der Waals surface area contributed by atoms with Gasteiger partial charge in [-0.15, -0.1) is 0 Å². The zero-order valence-electron chi connectivity index (χ0n) is 48.9. The number of hydrogen-bond donors (Lipinski definition) is 3. The fraction of sp³-hybridized carbons (Fsp3) is 0.931. The molecule has 2 unspecified atom stereocenters. The number of carbonyl (C=O) groups excluding carboxylic acids is 4. The first-order valence-corrected chi connectivity index (χ1v) is 33.8. The molecule has 0 heterocycles. The Hall–Kier alpha value is -1.94. The van der Waals surface area contributed by atoms with Gasteiger partial charge in [-0.2, -0.15) is 0 Å². The lowest BCUT2D eigenvalue weighted by atomic mass is 10.0. The van der Waals surface area contributed by atoms with Crippen LogP contribution >= 0.6 is 15.6 Å². The van der Waals surface area contributed by atoms with E-state index in [9.17, 15) is 43.2 Å². The summed E-state index contributed by atoms with van der Waals surface area (Å²) in [7, 11) is -9.86. The molecule has 0 rings (SSSR count). The van der Waals surface area contributed by atoms with Gasteiger partial charge in [0, 0.05) is 25.7 Å². The van der Waals surface area contributed by atoms with Crippen molar-refractivity contribution in [1.82, 2.24) is 0 Å². The van der Waals surface area contributed by atoms with Crippen molar-refractivity contribution in [2.45, 2.75) is 309 Å². The number of hydrogen-bond acceptors (Lipinski definition) is 15. The van der Waals surface area contributed by atoms with E-state index in [1.165, 1.54) is 116 Å². The van der Waals surface area contributed by atoms with Gasteiger partial charge in [-0.3, -0.25) is 37.3 Å². The second-order valence-corrected chi connectivity index (χ2v) is 23.9. The molecule has 77 heavy (non-hydrogen) atoms. The Morgan fingerprint density at radius 3 is 0.766 bits per heavy atom. The second kappa shape index (κ2) is 53.4. The first-order chi connectivity index (χ1) is 37.2. The lowest BCUT2D eigenvalue weighted by Crippen LogP contribution is -2.30. The third-order valence-electron chi connectivity index (χ3n) is 13.4. The molecule has 0 aliphatic rings. The molecule has 0 saturated heterocycles. The predicted octanol–water partition coefficient (Wildman–Crippen LogP) is 15.6. The van der Waals surface area contributed by atoms with Crippen LogP contribution in [0.1, 0.15) is 291 Å². The topological polar surface area (TPSA) is 237 Å². The van der Waals surface area contributed by atoms with Gasteiger partial charge in [0.15, 0.2) is 12.2 Å². The van der Waals surface area contributed by atoms with Gasteiger partial charge in [0.25, 0.3) is 0 Å². The number of aliphatic hydroxyl groups is 1. The van der Waals surface area contributed by atoms with Crippen LogP contribution in [-0.2, 0) is 65.4 Å². The summed E-state index contributed by atoms with van der Waals surface area (Å²) in [6, 6.07) is 0. The van der Waals surface area contributed by atoms with E-state index in [0.717, 1.165) is 96.3 Å². The summed E-state index contributed by atoms with van der Waals surface area (Å²) >= 11 is 0. The van der Waals surface area contributed by atoms with Crippen LogP contribution in [0.5, 0.6) is 0 Å². The third-order valence-corrected chi connectivity index (χ3v) is 15.3. The van der Waals surface area contributed by atoms with Crippen LogP contribution in [0.4, 0.5) is 0 Å². The lowest BCUT2D eigenvalue weighted by molar-refractivity contribution is -0.161. The van der Waals surface area contributed by atoms with E-state index in [-0.39, 0.29) is 25.7 Å². The number of phosphoric ester groups is 2. The summed E-state index contributed by atoms with van der Waals surface area (Å²) in [5.74, 6) is -2.15. The first-order valence-electron chi connectivity index (χ1n) is 30.8. The second-order valence-electron chi connectivity index (χ2n) is 21.0. The van der Waals surface area contributed by atoms with Crippen molar-refractivity contribution >= 4 is 39.5 Å². The molecule has 0 bridgehead atoms. The van der Waals surface area contributed by atoms with Crippen LogP contribution < -0.4 is 0 Å². The van der Waals surface area contributed by atoms with Crippen LogP contribution in [0.15, 0.2) is 0 Å². The number of phosphoric acid groups is 2. The molecular formula is C58H112O17P2. The number of aliphatic hydroxyl groups excluding tert-OH is 1. The van der Waals surface area contributed by atoms with E-state index in [4.69, 9.17) is 37.0 Å². The Kier molecular flexibility index (Phi) is 52.0. The highest BCUT2D eigenvalue weighted by atomic mass is 31.2. The summed E-state index contributed by atoms with van der Waals surface area (Å²) in [6.45, 7) is 4.73. The van der Waals surface area contributed by atoms with Crippen LogP contribution in [0.25, 0.3) is 0 Å². The molecule has 0 fully saturated rings. The molecule has 0 amide bonds. The zero-order chi connectivity index (χ0) is 56.9. The molecular weight excluding hydrogens is 1030 g/mol. The molecule has 0 aromatic carbocycles. The molecule has 0 radical (unpaired) electrons. The Morgan fingerprint density at radius 2 is 0.519 bits per heavy atom. The minimum absolute atomic E-state index is 0.105. The van der Waals surface area contributed by atoms with Crippen molar-refractivity contribution in [2.24, 2.45) is 0 Å². The minimum Gasteiger partial charge on any atom is -0.462 e. The van der Waals surface area contributed by atoms with E-state index in [0.29, 0.717) is 25.7 Å². The molecule has 0 aromatic rings. The first kappa shape index (κ1) is 75.1. The number of esters is 4. The maximum atomic E-state index is 12.9. The van der Waals surface area contributed by atoms with Gasteiger partial charge in [0.2, 0.25) is 0 Å². The quantitative estimate of drug-likeness (QED) is 0.0222. The average Bonchev–Trinajstić information content (AvgIpc) is 3.40. The average molecular weight is 1140 g/mol. The Balaban J connectivity index is 5.16. The van der Waals surface area contributed by atoms with Crippen LogP contribution in [0.2, 0.25) is 0 Å². The Morgan fingerprint density at radius 1 is 0.312 bits per heavy atom. The zero-order valence-corrected chi connectivity index (χ0v) is 50.7. The van der Waals surface area contributed by atoms with E-state index < -0.39 is 97.5 Å². The summed E-state index contributed by atoms with van der Waals surface area (Å²) in [5.41, 5.74) is 0. The molecule has 0 aliphatic carbocycles.